The summed E-state index contributed by atoms with van der Waals surface area (Å²) in [5.41, 5.74) is 0.809. The van der Waals surface area contributed by atoms with Gasteiger partial charge in [0.25, 0.3) is 10.1 Å². The Hall–Kier alpha value is -1.15. The van der Waals surface area contributed by atoms with Gasteiger partial charge in [-0.25, -0.2) is 17.6 Å². The molecule has 0 bridgehead atoms. The third-order valence-electron chi connectivity index (χ3n) is 2.30. The van der Waals surface area contributed by atoms with Crippen molar-refractivity contribution in [3.8, 4) is 0 Å². The molecule has 0 spiro atoms. The lowest BCUT2D eigenvalue weighted by molar-refractivity contribution is -0.136. The van der Waals surface area contributed by atoms with Crippen molar-refractivity contribution in [1.29, 1.82) is 0 Å². The quantitative estimate of drug-likeness (QED) is 0.599. The predicted octanol–water partition coefficient (Wildman–Crippen LogP) is 2.99. The molecular formula is C11H12F4O3S. The van der Waals surface area contributed by atoms with Crippen molar-refractivity contribution in [2.45, 2.75) is 30.6 Å². The van der Waals surface area contributed by atoms with E-state index in [9.17, 15) is 26.0 Å². The highest BCUT2D eigenvalue weighted by atomic mass is 32.2. The minimum absolute atomic E-state index is 0.210. The van der Waals surface area contributed by atoms with E-state index in [1.165, 1.54) is 24.3 Å². The summed E-state index contributed by atoms with van der Waals surface area (Å²) in [7, 11) is -4.20. The molecule has 8 heteroatoms. The van der Waals surface area contributed by atoms with Crippen LogP contribution in [0.15, 0.2) is 29.2 Å². The molecule has 0 aliphatic rings. The highest BCUT2D eigenvalue weighted by Crippen LogP contribution is 2.27. The van der Waals surface area contributed by atoms with Crippen LogP contribution in [-0.4, -0.2) is 27.4 Å². The minimum atomic E-state index is -4.26. The average molecular weight is 300 g/mol. The summed E-state index contributed by atoms with van der Waals surface area (Å²) in [4.78, 5) is -0.210. The SMILES string of the molecule is Cc1ccc(S(=O)(=O)OCCC(F)(F)C(F)F)cc1. The van der Waals surface area contributed by atoms with Crippen molar-refractivity contribution in [3.05, 3.63) is 29.8 Å². The van der Waals surface area contributed by atoms with Crippen LogP contribution in [0.4, 0.5) is 17.6 Å². The van der Waals surface area contributed by atoms with E-state index in [1.54, 1.807) is 6.92 Å². The van der Waals surface area contributed by atoms with Gasteiger partial charge in [0, 0.05) is 6.42 Å². The topological polar surface area (TPSA) is 43.4 Å². The first kappa shape index (κ1) is 15.9. The molecule has 0 heterocycles. The van der Waals surface area contributed by atoms with Crippen LogP contribution in [0.1, 0.15) is 12.0 Å². The van der Waals surface area contributed by atoms with Crippen LogP contribution in [0.5, 0.6) is 0 Å². The second-order valence-electron chi connectivity index (χ2n) is 3.90. The maximum Gasteiger partial charge on any atom is 0.309 e. The Labute approximate surface area is 108 Å². The highest BCUT2D eigenvalue weighted by Gasteiger charge is 2.40. The summed E-state index contributed by atoms with van der Waals surface area (Å²) in [6, 6.07) is 5.50. The van der Waals surface area contributed by atoms with E-state index in [0.29, 0.717) is 0 Å². The van der Waals surface area contributed by atoms with Crippen molar-refractivity contribution >= 4 is 10.1 Å². The molecule has 0 saturated heterocycles. The average Bonchev–Trinajstić information content (AvgIpc) is 2.28. The molecule has 108 valence electrons. The third kappa shape index (κ3) is 4.46. The van der Waals surface area contributed by atoms with E-state index in [-0.39, 0.29) is 4.90 Å². The molecule has 0 unspecified atom stereocenters. The van der Waals surface area contributed by atoms with E-state index in [1.807, 2.05) is 0 Å². The third-order valence-corrected chi connectivity index (χ3v) is 3.63. The number of hydrogen-bond acceptors (Lipinski definition) is 3. The van der Waals surface area contributed by atoms with Crippen molar-refractivity contribution in [2.24, 2.45) is 0 Å². The van der Waals surface area contributed by atoms with Gasteiger partial charge in [0.2, 0.25) is 0 Å². The number of halogens is 4. The molecule has 0 fully saturated rings. The van der Waals surface area contributed by atoms with Gasteiger partial charge in [0.15, 0.2) is 0 Å². The Morgan fingerprint density at radius 1 is 1.21 bits per heavy atom. The number of aryl methyl sites for hydroxylation is 1. The van der Waals surface area contributed by atoms with Crippen LogP contribution in [0.3, 0.4) is 0 Å². The fourth-order valence-corrected chi connectivity index (χ4v) is 2.08. The molecule has 19 heavy (non-hydrogen) atoms. The van der Waals surface area contributed by atoms with E-state index < -0.39 is 35.5 Å². The fraction of sp³-hybridized carbons (Fsp3) is 0.455. The van der Waals surface area contributed by atoms with E-state index in [2.05, 4.69) is 4.18 Å². The first-order valence-corrected chi connectivity index (χ1v) is 6.68. The van der Waals surface area contributed by atoms with E-state index >= 15 is 0 Å². The lowest BCUT2D eigenvalue weighted by atomic mass is 10.2. The molecule has 3 nitrogen and oxygen atoms in total. The summed E-state index contributed by atoms with van der Waals surface area (Å²) in [6.07, 6.45) is -5.21. The smallest absolute Gasteiger partial charge is 0.266 e. The summed E-state index contributed by atoms with van der Waals surface area (Å²) in [6.45, 7) is 0.730. The minimum Gasteiger partial charge on any atom is -0.266 e. The summed E-state index contributed by atoms with van der Waals surface area (Å²) < 4.78 is 76.2. The molecule has 0 saturated carbocycles. The predicted molar refractivity (Wildman–Crippen MR) is 59.9 cm³/mol. The number of benzene rings is 1. The molecule has 0 N–H and O–H groups in total. The summed E-state index contributed by atoms with van der Waals surface area (Å²) >= 11 is 0. The lowest BCUT2D eigenvalue weighted by Crippen LogP contribution is -2.28. The Bertz CT molecular complexity index is 511. The zero-order valence-corrected chi connectivity index (χ0v) is 10.8. The monoisotopic (exact) mass is 300 g/mol. The standard InChI is InChI=1S/C11H12F4O3S/c1-8-2-4-9(5-3-8)19(16,17)18-7-6-11(14,15)10(12)13/h2-5,10H,6-7H2,1H3. The van der Waals surface area contributed by atoms with Gasteiger partial charge in [0.1, 0.15) is 0 Å². The molecule has 1 aromatic rings. The van der Waals surface area contributed by atoms with Crippen molar-refractivity contribution in [1.82, 2.24) is 0 Å². The van der Waals surface area contributed by atoms with Crippen LogP contribution in [0, 0.1) is 6.92 Å². The van der Waals surface area contributed by atoms with E-state index in [4.69, 9.17) is 0 Å². The molecule has 0 atom stereocenters. The van der Waals surface area contributed by atoms with Crippen LogP contribution in [0.2, 0.25) is 0 Å². The zero-order chi connectivity index (χ0) is 14.7. The Balaban J connectivity index is 2.64. The van der Waals surface area contributed by atoms with Gasteiger partial charge in [-0.05, 0) is 19.1 Å². The van der Waals surface area contributed by atoms with Crippen molar-refractivity contribution < 1.29 is 30.2 Å². The largest absolute Gasteiger partial charge is 0.309 e. The number of rotatable bonds is 6. The van der Waals surface area contributed by atoms with Gasteiger partial charge < -0.3 is 0 Å². The lowest BCUT2D eigenvalue weighted by Gasteiger charge is -2.14. The second-order valence-corrected chi connectivity index (χ2v) is 5.52. The molecule has 0 amide bonds. The highest BCUT2D eigenvalue weighted by molar-refractivity contribution is 7.86. The molecule has 0 aromatic heterocycles. The van der Waals surface area contributed by atoms with Gasteiger partial charge in [-0.2, -0.15) is 8.42 Å². The molecule has 1 aromatic carbocycles. The normalized spacial score (nSPS) is 12.9. The number of hydrogen-bond donors (Lipinski definition) is 0. The summed E-state index contributed by atoms with van der Waals surface area (Å²) in [5, 5.41) is 0. The van der Waals surface area contributed by atoms with Gasteiger partial charge >= 0.3 is 12.3 Å². The molecule has 0 aliphatic carbocycles. The maximum absolute atomic E-state index is 12.6. The van der Waals surface area contributed by atoms with Crippen molar-refractivity contribution in [2.75, 3.05) is 6.61 Å². The van der Waals surface area contributed by atoms with Crippen molar-refractivity contribution in [3.63, 3.8) is 0 Å². The zero-order valence-electron chi connectivity index (χ0n) is 9.95. The van der Waals surface area contributed by atoms with Gasteiger partial charge in [-0.15, -0.1) is 0 Å². The number of alkyl halides is 4. The summed E-state index contributed by atoms with van der Waals surface area (Å²) in [5.74, 6) is -4.26. The Kier molecular flexibility index (Phi) is 4.92. The molecular weight excluding hydrogens is 288 g/mol. The Morgan fingerprint density at radius 3 is 2.21 bits per heavy atom. The second kappa shape index (κ2) is 5.87. The van der Waals surface area contributed by atoms with Gasteiger partial charge in [-0.3, -0.25) is 4.18 Å². The van der Waals surface area contributed by atoms with Crippen LogP contribution in [0.25, 0.3) is 0 Å². The first-order chi connectivity index (χ1) is 8.65. The molecule has 0 aliphatic heterocycles. The van der Waals surface area contributed by atoms with Crippen LogP contribution < -0.4 is 0 Å². The van der Waals surface area contributed by atoms with Gasteiger partial charge in [-0.1, -0.05) is 17.7 Å². The maximum atomic E-state index is 12.6. The first-order valence-electron chi connectivity index (χ1n) is 5.27. The molecule has 1 rings (SSSR count). The Morgan fingerprint density at radius 2 is 1.74 bits per heavy atom. The fourth-order valence-electron chi connectivity index (χ4n) is 1.17. The van der Waals surface area contributed by atoms with Crippen LogP contribution >= 0.6 is 0 Å². The van der Waals surface area contributed by atoms with E-state index in [0.717, 1.165) is 5.56 Å². The molecule has 0 radical (unpaired) electrons. The van der Waals surface area contributed by atoms with Gasteiger partial charge in [0.05, 0.1) is 11.5 Å². The van der Waals surface area contributed by atoms with Crippen LogP contribution in [-0.2, 0) is 14.3 Å².